The summed E-state index contributed by atoms with van der Waals surface area (Å²) >= 11 is 0. The highest BCUT2D eigenvalue weighted by atomic mass is 16.3. The van der Waals surface area contributed by atoms with Crippen molar-refractivity contribution in [1.82, 2.24) is 0 Å². The number of unbranched alkanes of at least 4 members (excludes halogenated alkanes) is 3. The quantitative estimate of drug-likeness (QED) is 0.607. The van der Waals surface area contributed by atoms with Crippen LogP contribution in [0.4, 0.5) is 0 Å². The fourth-order valence-corrected chi connectivity index (χ4v) is 0.539. The van der Waals surface area contributed by atoms with Gasteiger partial charge in [-0.15, -0.1) is 0 Å². The fourth-order valence-electron chi connectivity index (χ4n) is 0.539. The van der Waals surface area contributed by atoms with Crippen molar-refractivity contribution < 1.29 is 10.2 Å². The van der Waals surface area contributed by atoms with E-state index < -0.39 is 0 Å². The van der Waals surface area contributed by atoms with Gasteiger partial charge < -0.3 is 5.11 Å². The van der Waals surface area contributed by atoms with Gasteiger partial charge in [-0.25, -0.2) is 5.11 Å². The molecule has 0 aromatic carbocycles. The second-order valence-corrected chi connectivity index (χ2v) is 2.07. The van der Waals surface area contributed by atoms with Gasteiger partial charge in [0.15, 0.2) is 0 Å². The van der Waals surface area contributed by atoms with E-state index in [1.807, 2.05) is 0 Å². The fraction of sp³-hybridized carbons (Fsp3) is 1.00. The topological polar surface area (TPSA) is 40.1 Å². The average molecular weight is 147 g/mol. The lowest BCUT2D eigenvalue weighted by atomic mass is 10.2. The van der Waals surface area contributed by atoms with Gasteiger partial charge in [-0.3, -0.25) is 0 Å². The largest absolute Gasteiger partial charge is 0.396 e. The lowest BCUT2D eigenvalue weighted by Gasteiger charge is -1.90. The van der Waals surface area contributed by atoms with Crippen LogP contribution in [0.25, 0.3) is 0 Å². The van der Waals surface area contributed by atoms with Crippen molar-refractivity contribution in [3.05, 3.63) is 0 Å². The number of hydrogen-bond acceptors (Lipinski definition) is 1. The molecule has 1 radical (unpaired) electrons. The van der Waals surface area contributed by atoms with Gasteiger partial charge in [0, 0.05) is 6.61 Å². The lowest BCUT2D eigenvalue weighted by molar-refractivity contribution is 0.212. The second-order valence-electron chi connectivity index (χ2n) is 2.07. The van der Waals surface area contributed by atoms with E-state index in [1.54, 1.807) is 6.92 Å². The smallest absolute Gasteiger partial charge is 0.0794 e. The summed E-state index contributed by atoms with van der Waals surface area (Å²) in [6.07, 6.45) is 4.68. The molecule has 10 heavy (non-hydrogen) atoms. The zero-order valence-electron chi connectivity index (χ0n) is 7.10. The van der Waals surface area contributed by atoms with Crippen molar-refractivity contribution in [2.24, 2.45) is 0 Å². The Labute approximate surface area is 63.9 Å². The van der Waals surface area contributed by atoms with Crippen LogP contribution in [0.5, 0.6) is 0 Å². The van der Waals surface area contributed by atoms with Crippen molar-refractivity contribution >= 4 is 0 Å². The van der Waals surface area contributed by atoms with Crippen molar-refractivity contribution in [3.8, 4) is 0 Å². The van der Waals surface area contributed by atoms with Crippen LogP contribution in [-0.4, -0.2) is 18.3 Å². The third-order valence-electron chi connectivity index (χ3n) is 1.01. The van der Waals surface area contributed by atoms with Crippen LogP contribution < -0.4 is 0 Å². The number of hydrogen-bond donors (Lipinski definition) is 1. The van der Waals surface area contributed by atoms with E-state index in [-0.39, 0.29) is 6.61 Å². The first-order valence-electron chi connectivity index (χ1n) is 4.02. The molecule has 0 amide bonds. The Balaban J connectivity index is 0. The van der Waals surface area contributed by atoms with Gasteiger partial charge in [0.1, 0.15) is 0 Å². The molecule has 0 aromatic heterocycles. The van der Waals surface area contributed by atoms with Crippen molar-refractivity contribution in [1.29, 1.82) is 0 Å². The second kappa shape index (κ2) is 16.0. The maximum atomic E-state index is 8.93. The molecule has 2 nitrogen and oxygen atoms in total. The molecule has 0 heterocycles. The van der Waals surface area contributed by atoms with Gasteiger partial charge in [-0.1, -0.05) is 26.2 Å². The molecule has 0 rings (SSSR count). The van der Waals surface area contributed by atoms with E-state index in [0.29, 0.717) is 6.61 Å². The molecule has 1 N–H and O–H groups in total. The summed E-state index contributed by atoms with van der Waals surface area (Å²) in [5.74, 6) is 0. The third kappa shape index (κ3) is 24.7. The van der Waals surface area contributed by atoms with E-state index in [1.165, 1.54) is 19.3 Å². The minimum absolute atomic E-state index is 0. The summed E-state index contributed by atoms with van der Waals surface area (Å²) in [4.78, 5) is 0. The Morgan fingerprint density at radius 3 is 1.90 bits per heavy atom. The Kier molecular flexibility index (Phi) is 20.1. The summed E-state index contributed by atoms with van der Waals surface area (Å²) in [6, 6.07) is 0. The van der Waals surface area contributed by atoms with Crippen molar-refractivity contribution in [3.63, 3.8) is 0 Å². The summed E-state index contributed by atoms with van der Waals surface area (Å²) in [5, 5.41) is 17.2. The SMILES string of the molecule is CCCCCCO.CC[O]. The Hall–Kier alpha value is -0.0800. The molecule has 0 bridgehead atoms. The number of rotatable bonds is 4. The van der Waals surface area contributed by atoms with Gasteiger partial charge in [0.25, 0.3) is 0 Å². The van der Waals surface area contributed by atoms with E-state index in [0.717, 1.165) is 6.42 Å². The summed E-state index contributed by atoms with van der Waals surface area (Å²) in [7, 11) is 0. The van der Waals surface area contributed by atoms with Gasteiger partial charge in [0.2, 0.25) is 0 Å². The Bertz CT molecular complexity index is 34.2. The maximum Gasteiger partial charge on any atom is 0.0794 e. The molecule has 0 aliphatic rings. The van der Waals surface area contributed by atoms with Crippen LogP contribution in [0.1, 0.15) is 39.5 Å². The van der Waals surface area contributed by atoms with Crippen LogP contribution >= 0.6 is 0 Å². The van der Waals surface area contributed by atoms with E-state index in [9.17, 15) is 0 Å². The zero-order chi connectivity index (χ0) is 8.24. The summed E-state index contributed by atoms with van der Waals surface area (Å²) in [5.41, 5.74) is 0. The predicted molar refractivity (Wildman–Crippen MR) is 42.5 cm³/mol. The molecule has 0 spiro atoms. The number of aliphatic hydroxyl groups is 1. The highest BCUT2D eigenvalue weighted by Crippen LogP contribution is 1.95. The minimum Gasteiger partial charge on any atom is -0.396 e. The first-order valence-corrected chi connectivity index (χ1v) is 4.02. The minimum atomic E-state index is 0. The molecular formula is C8H19O2. The molecule has 63 valence electrons. The molecule has 0 aromatic rings. The lowest BCUT2D eigenvalue weighted by Crippen LogP contribution is -1.80. The van der Waals surface area contributed by atoms with Gasteiger partial charge in [-0.05, 0) is 13.3 Å². The summed E-state index contributed by atoms with van der Waals surface area (Å²) < 4.78 is 0. The highest BCUT2D eigenvalue weighted by molar-refractivity contribution is 4.35. The van der Waals surface area contributed by atoms with Crippen LogP contribution in [0.2, 0.25) is 0 Å². The van der Waals surface area contributed by atoms with Crippen LogP contribution in [0.3, 0.4) is 0 Å². The average Bonchev–Trinajstić information content (AvgIpc) is 1.91. The molecule has 0 aliphatic heterocycles. The molecule has 0 unspecified atom stereocenters. The molecule has 0 fully saturated rings. The standard InChI is InChI=1S/C6H14O.C2H5O/c1-2-3-4-5-6-7;1-2-3/h7H,2-6H2,1H3;2H2,1H3. The van der Waals surface area contributed by atoms with E-state index in [2.05, 4.69) is 6.92 Å². The first kappa shape index (κ1) is 12.6. The third-order valence-corrected chi connectivity index (χ3v) is 1.01. The Morgan fingerprint density at radius 1 is 1.10 bits per heavy atom. The molecular weight excluding hydrogens is 128 g/mol. The molecule has 0 saturated carbocycles. The molecule has 2 heteroatoms. The first-order chi connectivity index (χ1) is 4.83. The van der Waals surface area contributed by atoms with E-state index in [4.69, 9.17) is 10.2 Å². The molecule has 0 atom stereocenters. The van der Waals surface area contributed by atoms with Gasteiger partial charge >= 0.3 is 0 Å². The van der Waals surface area contributed by atoms with Crippen LogP contribution in [0, 0.1) is 0 Å². The van der Waals surface area contributed by atoms with E-state index >= 15 is 0 Å². The normalized spacial score (nSPS) is 8.40. The van der Waals surface area contributed by atoms with Crippen molar-refractivity contribution in [2.75, 3.05) is 13.2 Å². The maximum absolute atomic E-state index is 8.93. The predicted octanol–water partition coefficient (Wildman–Crippen LogP) is 2.00. The van der Waals surface area contributed by atoms with Crippen LogP contribution in [0.15, 0.2) is 0 Å². The van der Waals surface area contributed by atoms with Gasteiger partial charge in [-0.2, -0.15) is 0 Å². The van der Waals surface area contributed by atoms with Crippen molar-refractivity contribution in [2.45, 2.75) is 39.5 Å². The number of aliphatic hydroxyl groups excluding tert-OH is 1. The monoisotopic (exact) mass is 147 g/mol. The highest BCUT2D eigenvalue weighted by Gasteiger charge is 1.80. The molecule has 0 aliphatic carbocycles. The zero-order valence-corrected chi connectivity index (χ0v) is 7.10. The summed E-state index contributed by atoms with van der Waals surface area (Å²) in [6.45, 7) is 4.09. The van der Waals surface area contributed by atoms with Crippen LogP contribution in [-0.2, 0) is 5.11 Å². The molecule has 0 saturated heterocycles. The van der Waals surface area contributed by atoms with Gasteiger partial charge in [0.05, 0.1) is 6.61 Å². The Morgan fingerprint density at radius 2 is 1.60 bits per heavy atom.